The number of benzene rings is 2. The number of halogens is 1. The first kappa shape index (κ1) is 20.3. The summed E-state index contributed by atoms with van der Waals surface area (Å²) in [6.45, 7) is 0.895. The SMILES string of the molecule is O=C(OCC(=O)N(Cc1cccs1)c1ccc2c(c1)OCCO2)c1cccc(Cl)c1. The highest BCUT2D eigenvalue weighted by Crippen LogP contribution is 2.34. The molecule has 2 heterocycles. The van der Waals surface area contributed by atoms with Gasteiger partial charge in [0.15, 0.2) is 18.1 Å². The summed E-state index contributed by atoms with van der Waals surface area (Å²) in [5.41, 5.74) is 0.927. The van der Waals surface area contributed by atoms with Crippen molar-refractivity contribution in [3.8, 4) is 11.5 Å². The molecule has 6 nitrogen and oxygen atoms in total. The zero-order valence-electron chi connectivity index (χ0n) is 15.9. The van der Waals surface area contributed by atoms with Crippen LogP contribution >= 0.6 is 22.9 Å². The lowest BCUT2D eigenvalue weighted by molar-refractivity contribution is -0.121. The molecule has 0 bridgehead atoms. The minimum atomic E-state index is -0.607. The van der Waals surface area contributed by atoms with E-state index in [1.54, 1.807) is 52.6 Å². The number of nitrogens with zero attached hydrogens (tertiary/aromatic N) is 1. The molecule has 0 aliphatic carbocycles. The predicted molar refractivity (Wildman–Crippen MR) is 115 cm³/mol. The molecule has 1 amide bonds. The Hall–Kier alpha value is -3.03. The standard InChI is InChI=1S/C22H18ClNO5S/c23-16-4-1-3-15(11-16)22(26)29-14-21(25)24(13-18-5-2-10-30-18)17-6-7-19-20(12-17)28-9-8-27-19/h1-7,10-12H,8-9,13-14H2. The Bertz CT molecular complexity index is 1050. The Morgan fingerprint density at radius 3 is 2.63 bits per heavy atom. The Balaban J connectivity index is 1.52. The monoisotopic (exact) mass is 443 g/mol. The summed E-state index contributed by atoms with van der Waals surface area (Å²) in [5.74, 6) is 0.263. The first-order valence-corrected chi connectivity index (χ1v) is 10.5. The van der Waals surface area contributed by atoms with Gasteiger partial charge < -0.3 is 19.1 Å². The molecule has 1 aliphatic heterocycles. The van der Waals surface area contributed by atoms with E-state index in [1.807, 2.05) is 17.5 Å². The summed E-state index contributed by atoms with van der Waals surface area (Å²) in [6.07, 6.45) is 0. The highest BCUT2D eigenvalue weighted by molar-refractivity contribution is 7.09. The Morgan fingerprint density at radius 1 is 1.03 bits per heavy atom. The smallest absolute Gasteiger partial charge is 0.338 e. The largest absolute Gasteiger partial charge is 0.486 e. The van der Waals surface area contributed by atoms with Gasteiger partial charge in [-0.05, 0) is 41.8 Å². The molecule has 1 aromatic heterocycles. The molecule has 0 atom stereocenters. The van der Waals surface area contributed by atoms with E-state index >= 15 is 0 Å². The normalized spacial score (nSPS) is 12.3. The van der Waals surface area contributed by atoms with Crippen molar-refractivity contribution in [1.82, 2.24) is 0 Å². The van der Waals surface area contributed by atoms with Crippen LogP contribution in [0.4, 0.5) is 5.69 Å². The first-order valence-electron chi connectivity index (χ1n) is 9.25. The van der Waals surface area contributed by atoms with Gasteiger partial charge in [-0.1, -0.05) is 23.7 Å². The molecule has 2 aromatic carbocycles. The van der Waals surface area contributed by atoms with Crippen molar-refractivity contribution >= 4 is 40.5 Å². The molecule has 0 saturated heterocycles. The second-order valence-electron chi connectivity index (χ2n) is 6.47. The average Bonchev–Trinajstić information content (AvgIpc) is 3.28. The zero-order valence-corrected chi connectivity index (χ0v) is 17.4. The number of carbonyl (C=O) groups is 2. The topological polar surface area (TPSA) is 65.1 Å². The first-order chi connectivity index (χ1) is 14.6. The number of rotatable bonds is 6. The van der Waals surface area contributed by atoms with Crippen molar-refractivity contribution in [2.45, 2.75) is 6.54 Å². The molecule has 3 aromatic rings. The van der Waals surface area contributed by atoms with Crippen LogP contribution in [0.25, 0.3) is 0 Å². The molecule has 8 heteroatoms. The van der Waals surface area contributed by atoms with E-state index in [-0.39, 0.29) is 5.91 Å². The number of thiophene rings is 1. The second-order valence-corrected chi connectivity index (χ2v) is 7.94. The van der Waals surface area contributed by atoms with Gasteiger partial charge in [-0.2, -0.15) is 0 Å². The third kappa shape index (κ3) is 4.75. The molecule has 1 aliphatic rings. The highest BCUT2D eigenvalue weighted by Gasteiger charge is 2.22. The van der Waals surface area contributed by atoms with Crippen LogP contribution in [0.15, 0.2) is 60.0 Å². The maximum absolute atomic E-state index is 13.0. The summed E-state index contributed by atoms with van der Waals surface area (Å²) in [6, 6.07) is 15.6. The highest BCUT2D eigenvalue weighted by atomic mass is 35.5. The number of hydrogen-bond acceptors (Lipinski definition) is 6. The molecule has 154 valence electrons. The van der Waals surface area contributed by atoms with Gasteiger partial charge in [-0.25, -0.2) is 4.79 Å². The van der Waals surface area contributed by atoms with Gasteiger partial charge in [-0.3, -0.25) is 4.79 Å². The van der Waals surface area contributed by atoms with Crippen LogP contribution < -0.4 is 14.4 Å². The zero-order chi connectivity index (χ0) is 20.9. The van der Waals surface area contributed by atoms with Crippen LogP contribution in [-0.4, -0.2) is 31.7 Å². The lowest BCUT2D eigenvalue weighted by atomic mass is 10.2. The average molecular weight is 444 g/mol. The van der Waals surface area contributed by atoms with Crippen LogP contribution in [0.5, 0.6) is 11.5 Å². The molecule has 4 rings (SSSR count). The van der Waals surface area contributed by atoms with Crippen LogP contribution in [-0.2, 0) is 16.1 Å². The molecule has 0 saturated carbocycles. The molecule has 0 spiro atoms. The third-order valence-corrected chi connectivity index (χ3v) is 5.52. The van der Waals surface area contributed by atoms with E-state index < -0.39 is 12.6 Å². The van der Waals surface area contributed by atoms with Gasteiger partial charge in [0.05, 0.1) is 12.1 Å². The number of fused-ring (bicyclic) bond motifs is 1. The summed E-state index contributed by atoms with van der Waals surface area (Å²) < 4.78 is 16.4. The number of ether oxygens (including phenoxy) is 3. The van der Waals surface area contributed by atoms with E-state index in [2.05, 4.69) is 0 Å². The van der Waals surface area contributed by atoms with Crippen LogP contribution in [0.1, 0.15) is 15.2 Å². The molecule has 0 unspecified atom stereocenters. The Morgan fingerprint density at radius 2 is 1.87 bits per heavy atom. The van der Waals surface area contributed by atoms with Crippen molar-refractivity contribution in [3.05, 3.63) is 75.4 Å². The van der Waals surface area contributed by atoms with Crippen molar-refractivity contribution in [3.63, 3.8) is 0 Å². The van der Waals surface area contributed by atoms with Gasteiger partial charge in [-0.15, -0.1) is 11.3 Å². The third-order valence-electron chi connectivity index (χ3n) is 4.42. The van der Waals surface area contributed by atoms with Gasteiger partial charge in [0, 0.05) is 21.7 Å². The van der Waals surface area contributed by atoms with E-state index in [4.69, 9.17) is 25.8 Å². The molecule has 0 N–H and O–H groups in total. The number of hydrogen-bond donors (Lipinski definition) is 0. The lowest BCUT2D eigenvalue weighted by Crippen LogP contribution is -2.34. The van der Waals surface area contributed by atoms with Crippen molar-refractivity contribution in [1.29, 1.82) is 0 Å². The fourth-order valence-corrected chi connectivity index (χ4v) is 3.87. The Labute approximate surface area is 182 Å². The molecular weight excluding hydrogens is 426 g/mol. The summed E-state index contributed by atoms with van der Waals surface area (Å²) >= 11 is 7.46. The quantitative estimate of drug-likeness (QED) is 0.522. The minimum Gasteiger partial charge on any atom is -0.486 e. The van der Waals surface area contributed by atoms with Gasteiger partial charge in [0.2, 0.25) is 0 Å². The molecule has 30 heavy (non-hydrogen) atoms. The van der Waals surface area contributed by atoms with Gasteiger partial charge in [0.25, 0.3) is 5.91 Å². The second kappa shape index (κ2) is 9.19. The predicted octanol–water partition coefficient (Wildman–Crippen LogP) is 4.56. The molecule has 0 fully saturated rings. The van der Waals surface area contributed by atoms with Gasteiger partial charge in [0.1, 0.15) is 13.2 Å². The molecular formula is C22H18ClNO5S. The summed E-state index contributed by atoms with van der Waals surface area (Å²) in [4.78, 5) is 27.8. The maximum Gasteiger partial charge on any atom is 0.338 e. The minimum absolute atomic E-state index is 0.291. The fraction of sp³-hybridized carbons (Fsp3) is 0.182. The Kier molecular flexibility index (Phi) is 6.21. The number of esters is 1. The van der Waals surface area contributed by atoms with Crippen LogP contribution in [0.3, 0.4) is 0 Å². The van der Waals surface area contributed by atoms with Crippen molar-refractivity contribution < 1.29 is 23.8 Å². The van der Waals surface area contributed by atoms with Crippen molar-refractivity contribution in [2.24, 2.45) is 0 Å². The van der Waals surface area contributed by atoms with Crippen LogP contribution in [0.2, 0.25) is 5.02 Å². The lowest BCUT2D eigenvalue weighted by Gasteiger charge is -2.25. The van der Waals surface area contributed by atoms with Crippen LogP contribution in [0, 0.1) is 0 Å². The van der Waals surface area contributed by atoms with E-state index in [9.17, 15) is 9.59 Å². The maximum atomic E-state index is 13.0. The number of amides is 1. The van der Waals surface area contributed by atoms with Crippen molar-refractivity contribution in [2.75, 3.05) is 24.7 Å². The van der Waals surface area contributed by atoms with Gasteiger partial charge >= 0.3 is 5.97 Å². The van der Waals surface area contributed by atoms with E-state index in [0.717, 1.165) is 4.88 Å². The van der Waals surface area contributed by atoms with E-state index in [0.29, 0.717) is 47.5 Å². The van der Waals surface area contributed by atoms with E-state index in [1.165, 1.54) is 6.07 Å². The summed E-state index contributed by atoms with van der Waals surface area (Å²) in [5, 5.41) is 2.37. The number of carbonyl (C=O) groups excluding carboxylic acids is 2. The summed E-state index contributed by atoms with van der Waals surface area (Å²) in [7, 11) is 0. The number of anilines is 1. The molecule has 0 radical (unpaired) electrons. The fourth-order valence-electron chi connectivity index (χ4n) is 2.99.